The fraction of sp³-hybridized carbons (Fsp3) is 0.211. The van der Waals surface area contributed by atoms with Gasteiger partial charge in [0, 0.05) is 11.1 Å². The van der Waals surface area contributed by atoms with Gasteiger partial charge in [-0.25, -0.2) is 14.5 Å². The summed E-state index contributed by atoms with van der Waals surface area (Å²) in [4.78, 5) is 29.0. The van der Waals surface area contributed by atoms with Gasteiger partial charge in [-0.15, -0.1) is 11.3 Å². The highest BCUT2D eigenvalue weighted by molar-refractivity contribution is 7.09. The van der Waals surface area contributed by atoms with Crippen molar-refractivity contribution < 1.29 is 14.3 Å². The molecular formula is C19H15ClN4O3S. The second-order valence-electron chi connectivity index (χ2n) is 5.93. The van der Waals surface area contributed by atoms with Crippen LogP contribution in [0.2, 0.25) is 5.15 Å². The van der Waals surface area contributed by atoms with Crippen molar-refractivity contribution in [3.63, 3.8) is 0 Å². The summed E-state index contributed by atoms with van der Waals surface area (Å²) in [6.07, 6.45) is 0. The van der Waals surface area contributed by atoms with Crippen LogP contribution >= 0.6 is 22.9 Å². The van der Waals surface area contributed by atoms with Crippen LogP contribution < -0.4 is 0 Å². The van der Waals surface area contributed by atoms with E-state index in [9.17, 15) is 14.9 Å². The first-order chi connectivity index (χ1) is 13.4. The van der Waals surface area contributed by atoms with Crippen molar-refractivity contribution in [1.29, 1.82) is 5.26 Å². The molecule has 0 radical (unpaired) electrons. The standard InChI is InChI=1S/C19H15ClN4O3S/c1-11-10-28-18(22-11)14(8-21)15(25)9-27-19(26)16-12(2)23-24(17(16)20)13-6-4-3-5-7-13/h3-7,10,14H,9H2,1-2H3/t14-/m1/s1. The Labute approximate surface area is 170 Å². The summed E-state index contributed by atoms with van der Waals surface area (Å²) in [7, 11) is 0. The Morgan fingerprint density at radius 1 is 1.32 bits per heavy atom. The molecule has 0 unspecified atom stereocenters. The summed E-state index contributed by atoms with van der Waals surface area (Å²) >= 11 is 7.53. The third kappa shape index (κ3) is 3.96. The number of ether oxygens (including phenoxy) is 1. The number of rotatable bonds is 6. The van der Waals surface area contributed by atoms with Gasteiger partial charge in [-0.1, -0.05) is 29.8 Å². The van der Waals surface area contributed by atoms with E-state index in [2.05, 4.69) is 10.1 Å². The Bertz CT molecular complexity index is 1070. The molecule has 0 saturated carbocycles. The maximum atomic E-state index is 12.5. The van der Waals surface area contributed by atoms with E-state index in [-0.39, 0.29) is 10.7 Å². The van der Waals surface area contributed by atoms with E-state index >= 15 is 0 Å². The predicted octanol–water partition coefficient (Wildman–Crippen LogP) is 3.63. The number of nitriles is 1. The van der Waals surface area contributed by atoms with E-state index < -0.39 is 24.3 Å². The van der Waals surface area contributed by atoms with Crippen LogP contribution in [0.3, 0.4) is 0 Å². The summed E-state index contributed by atoms with van der Waals surface area (Å²) < 4.78 is 6.53. The first-order valence-corrected chi connectivity index (χ1v) is 9.50. The minimum atomic E-state index is -1.07. The number of carbonyl (C=O) groups excluding carboxylic acids is 2. The fourth-order valence-corrected chi connectivity index (χ4v) is 3.74. The number of hydrogen-bond donors (Lipinski definition) is 0. The molecule has 142 valence electrons. The van der Waals surface area contributed by atoms with Crippen molar-refractivity contribution in [1.82, 2.24) is 14.8 Å². The summed E-state index contributed by atoms with van der Waals surface area (Å²) in [5.74, 6) is -2.39. The molecule has 3 rings (SSSR count). The first-order valence-electron chi connectivity index (χ1n) is 8.24. The number of nitrogens with zero attached hydrogens (tertiary/aromatic N) is 4. The summed E-state index contributed by atoms with van der Waals surface area (Å²) in [6, 6.07) is 11.0. The van der Waals surface area contributed by atoms with Crippen molar-refractivity contribution in [3.8, 4) is 11.8 Å². The van der Waals surface area contributed by atoms with E-state index in [1.165, 1.54) is 16.0 Å². The van der Waals surface area contributed by atoms with Gasteiger partial charge in [0.05, 0.1) is 17.5 Å². The van der Waals surface area contributed by atoms with Crippen LogP contribution in [0.25, 0.3) is 5.69 Å². The Hall–Kier alpha value is -3.02. The molecule has 0 aliphatic heterocycles. The molecule has 0 fully saturated rings. The zero-order valence-electron chi connectivity index (χ0n) is 15.0. The average Bonchev–Trinajstić information content (AvgIpc) is 3.24. The van der Waals surface area contributed by atoms with Gasteiger partial charge in [0.1, 0.15) is 15.7 Å². The molecular weight excluding hydrogens is 400 g/mol. The van der Waals surface area contributed by atoms with Gasteiger partial charge in [0.15, 0.2) is 18.3 Å². The van der Waals surface area contributed by atoms with E-state index in [1.54, 1.807) is 31.4 Å². The topological polar surface area (TPSA) is 97.9 Å². The fourth-order valence-electron chi connectivity index (χ4n) is 2.53. The largest absolute Gasteiger partial charge is 0.454 e. The number of aryl methyl sites for hydroxylation is 2. The number of benzene rings is 1. The lowest BCUT2D eigenvalue weighted by molar-refractivity contribution is -0.122. The molecule has 1 atom stereocenters. The number of thiazole rings is 1. The Kier molecular flexibility index (Phi) is 5.87. The number of esters is 1. The van der Waals surface area contributed by atoms with Crippen molar-refractivity contribution in [2.75, 3.05) is 6.61 Å². The highest BCUT2D eigenvalue weighted by Gasteiger charge is 2.27. The average molecular weight is 415 g/mol. The van der Waals surface area contributed by atoms with Crippen molar-refractivity contribution >= 4 is 34.7 Å². The van der Waals surface area contributed by atoms with Crippen LogP contribution in [0.15, 0.2) is 35.7 Å². The highest BCUT2D eigenvalue weighted by Crippen LogP contribution is 2.25. The second kappa shape index (κ2) is 8.33. The molecule has 0 saturated heterocycles. The Morgan fingerprint density at radius 2 is 2.04 bits per heavy atom. The monoisotopic (exact) mass is 414 g/mol. The number of halogens is 1. The molecule has 0 bridgehead atoms. The summed E-state index contributed by atoms with van der Waals surface area (Å²) in [5.41, 5.74) is 1.87. The smallest absolute Gasteiger partial charge is 0.343 e. The molecule has 0 amide bonds. The lowest BCUT2D eigenvalue weighted by Gasteiger charge is -2.07. The molecule has 28 heavy (non-hydrogen) atoms. The lowest BCUT2D eigenvalue weighted by Crippen LogP contribution is -2.20. The Morgan fingerprint density at radius 3 is 2.64 bits per heavy atom. The zero-order valence-corrected chi connectivity index (χ0v) is 16.6. The van der Waals surface area contributed by atoms with Crippen LogP contribution in [-0.4, -0.2) is 33.1 Å². The van der Waals surface area contributed by atoms with Gasteiger partial charge in [0.25, 0.3) is 0 Å². The first kappa shape index (κ1) is 19.7. The SMILES string of the molecule is Cc1csc([C@H](C#N)C(=O)COC(=O)c2c(C)nn(-c3ccccc3)c2Cl)n1. The van der Waals surface area contributed by atoms with Gasteiger partial charge in [-0.2, -0.15) is 10.4 Å². The number of para-hydroxylation sites is 1. The minimum Gasteiger partial charge on any atom is -0.454 e. The molecule has 2 aromatic heterocycles. The normalized spacial score (nSPS) is 11.6. The van der Waals surface area contributed by atoms with Crippen LogP contribution in [0.1, 0.15) is 32.7 Å². The second-order valence-corrected chi connectivity index (χ2v) is 7.18. The molecule has 0 aliphatic carbocycles. The van der Waals surface area contributed by atoms with E-state index in [4.69, 9.17) is 16.3 Å². The van der Waals surface area contributed by atoms with Crippen molar-refractivity contribution in [3.05, 3.63) is 62.8 Å². The maximum absolute atomic E-state index is 12.5. The Balaban J connectivity index is 1.74. The zero-order chi connectivity index (χ0) is 20.3. The van der Waals surface area contributed by atoms with Gasteiger partial charge in [0.2, 0.25) is 0 Å². The number of Topliss-reactive ketones (excluding diaryl/α,β-unsaturated/α-hetero) is 1. The molecule has 0 spiro atoms. The quantitative estimate of drug-likeness (QED) is 0.571. The number of aromatic nitrogens is 3. The molecule has 9 heteroatoms. The van der Waals surface area contributed by atoms with E-state index in [0.29, 0.717) is 16.4 Å². The predicted molar refractivity (Wildman–Crippen MR) is 104 cm³/mol. The lowest BCUT2D eigenvalue weighted by atomic mass is 10.1. The van der Waals surface area contributed by atoms with Gasteiger partial charge < -0.3 is 4.74 Å². The summed E-state index contributed by atoms with van der Waals surface area (Å²) in [5, 5.41) is 15.8. The van der Waals surface area contributed by atoms with Crippen molar-refractivity contribution in [2.24, 2.45) is 0 Å². The summed E-state index contributed by atoms with van der Waals surface area (Å²) in [6.45, 7) is 2.84. The molecule has 3 aromatic rings. The van der Waals surface area contributed by atoms with Gasteiger partial charge >= 0.3 is 5.97 Å². The minimum absolute atomic E-state index is 0.0805. The maximum Gasteiger partial charge on any atom is 0.343 e. The van der Waals surface area contributed by atoms with Crippen LogP contribution in [-0.2, 0) is 9.53 Å². The number of carbonyl (C=O) groups is 2. The molecule has 2 heterocycles. The van der Waals surface area contributed by atoms with Gasteiger partial charge in [-0.05, 0) is 26.0 Å². The molecule has 7 nitrogen and oxygen atoms in total. The number of hydrogen-bond acceptors (Lipinski definition) is 7. The van der Waals surface area contributed by atoms with Gasteiger partial charge in [-0.3, -0.25) is 4.79 Å². The molecule has 0 N–H and O–H groups in total. The van der Waals surface area contributed by atoms with E-state index in [1.807, 2.05) is 24.3 Å². The van der Waals surface area contributed by atoms with E-state index in [0.717, 1.165) is 5.69 Å². The van der Waals surface area contributed by atoms with Crippen LogP contribution in [0.4, 0.5) is 0 Å². The number of ketones is 1. The molecule has 0 aliphatic rings. The van der Waals surface area contributed by atoms with Crippen LogP contribution in [0.5, 0.6) is 0 Å². The third-order valence-electron chi connectivity index (χ3n) is 3.89. The molecule has 1 aromatic carbocycles. The third-order valence-corrected chi connectivity index (χ3v) is 5.27. The highest BCUT2D eigenvalue weighted by atomic mass is 35.5. The van der Waals surface area contributed by atoms with Crippen LogP contribution in [0, 0.1) is 25.2 Å². The van der Waals surface area contributed by atoms with Crippen molar-refractivity contribution in [2.45, 2.75) is 19.8 Å².